The van der Waals surface area contributed by atoms with E-state index in [2.05, 4.69) is 0 Å². The van der Waals surface area contributed by atoms with Gasteiger partial charge >= 0.3 is 5.97 Å². The summed E-state index contributed by atoms with van der Waals surface area (Å²) in [6.45, 7) is 4.24. The fourth-order valence-electron chi connectivity index (χ4n) is 0.885. The van der Waals surface area contributed by atoms with Gasteiger partial charge in [-0.15, -0.1) is 0 Å². The van der Waals surface area contributed by atoms with Crippen LogP contribution in [0.2, 0.25) is 0 Å². The first kappa shape index (κ1) is 12.4. The molecule has 0 aliphatic heterocycles. The Morgan fingerprint density at radius 1 is 1.46 bits per heavy atom. The van der Waals surface area contributed by atoms with Gasteiger partial charge in [-0.2, -0.15) is 0 Å². The number of ether oxygens (including phenoxy) is 2. The lowest BCUT2D eigenvalue weighted by atomic mass is 10.2. The second-order valence-corrected chi connectivity index (χ2v) is 3.23. The Balaban J connectivity index is 3.57. The summed E-state index contributed by atoms with van der Waals surface area (Å²) < 4.78 is 9.78. The lowest BCUT2D eigenvalue weighted by Crippen LogP contribution is -2.34. The Bertz CT molecular complexity index is 148. The highest BCUT2D eigenvalue weighted by Gasteiger charge is 2.15. The van der Waals surface area contributed by atoms with Crippen LogP contribution in [0.3, 0.4) is 0 Å². The summed E-state index contributed by atoms with van der Waals surface area (Å²) >= 11 is 0. The van der Waals surface area contributed by atoms with Crippen LogP contribution in [-0.2, 0) is 14.3 Å². The number of methoxy groups -OCH3 is 1. The fourth-order valence-corrected chi connectivity index (χ4v) is 0.885. The van der Waals surface area contributed by atoms with Crippen LogP contribution < -0.4 is 5.73 Å². The van der Waals surface area contributed by atoms with Crippen molar-refractivity contribution in [2.75, 3.05) is 13.7 Å². The van der Waals surface area contributed by atoms with Gasteiger partial charge < -0.3 is 15.2 Å². The van der Waals surface area contributed by atoms with Gasteiger partial charge in [0.05, 0.1) is 6.10 Å². The molecule has 4 heteroatoms. The summed E-state index contributed by atoms with van der Waals surface area (Å²) in [5, 5.41) is 0. The van der Waals surface area contributed by atoms with Crippen molar-refractivity contribution >= 4 is 5.97 Å². The molecule has 78 valence electrons. The molecule has 0 saturated heterocycles. The smallest absolute Gasteiger partial charge is 0.323 e. The quantitative estimate of drug-likeness (QED) is 0.493. The minimum absolute atomic E-state index is 0.0963. The van der Waals surface area contributed by atoms with E-state index in [1.54, 1.807) is 21.0 Å². The predicted octanol–water partition coefficient (Wildman–Crippen LogP) is 0.692. The van der Waals surface area contributed by atoms with Gasteiger partial charge in [0.25, 0.3) is 0 Å². The first-order valence-corrected chi connectivity index (χ1v) is 4.53. The molecule has 0 aromatic rings. The first-order chi connectivity index (χ1) is 6.07. The van der Waals surface area contributed by atoms with E-state index < -0.39 is 6.04 Å². The van der Waals surface area contributed by atoms with E-state index in [1.807, 2.05) is 0 Å². The zero-order chi connectivity index (χ0) is 10.3. The summed E-state index contributed by atoms with van der Waals surface area (Å²) in [7, 11) is 1.62. The van der Waals surface area contributed by atoms with E-state index >= 15 is 0 Å². The molecule has 0 fully saturated rings. The number of nitrogens with two attached hydrogens (primary N) is 1. The summed E-state index contributed by atoms with van der Waals surface area (Å²) in [5.41, 5.74) is 5.58. The molecule has 0 aliphatic rings. The number of hydrogen-bond acceptors (Lipinski definition) is 4. The van der Waals surface area contributed by atoms with Crippen LogP contribution in [0.5, 0.6) is 0 Å². The van der Waals surface area contributed by atoms with Crippen molar-refractivity contribution in [3.8, 4) is 0 Å². The van der Waals surface area contributed by atoms with Crippen LogP contribution in [0.4, 0.5) is 0 Å². The van der Waals surface area contributed by atoms with E-state index in [1.165, 1.54) is 0 Å². The average molecular weight is 189 g/mol. The molecule has 2 N–H and O–H groups in total. The fraction of sp³-hybridized carbons (Fsp3) is 0.889. The normalized spacial score (nSPS) is 13.0. The highest BCUT2D eigenvalue weighted by molar-refractivity contribution is 5.75. The van der Waals surface area contributed by atoms with Crippen LogP contribution in [-0.4, -0.2) is 31.8 Å². The largest absolute Gasteiger partial charge is 0.462 e. The van der Waals surface area contributed by atoms with E-state index in [0.717, 1.165) is 6.42 Å². The molecule has 0 radical (unpaired) electrons. The van der Waals surface area contributed by atoms with Gasteiger partial charge in [0, 0.05) is 13.7 Å². The van der Waals surface area contributed by atoms with Crippen LogP contribution >= 0.6 is 0 Å². The molecule has 0 aromatic heterocycles. The molecule has 0 spiro atoms. The molecular formula is C9H19NO3. The Kier molecular flexibility index (Phi) is 6.54. The van der Waals surface area contributed by atoms with Crippen LogP contribution in [0.1, 0.15) is 26.7 Å². The molecule has 1 atom stereocenters. The van der Waals surface area contributed by atoms with Crippen LogP contribution in [0.15, 0.2) is 0 Å². The molecule has 4 nitrogen and oxygen atoms in total. The van der Waals surface area contributed by atoms with Crippen molar-refractivity contribution in [2.24, 2.45) is 5.73 Å². The number of carbonyl (C=O) groups excluding carboxylic acids is 1. The van der Waals surface area contributed by atoms with Gasteiger partial charge in [-0.1, -0.05) is 0 Å². The van der Waals surface area contributed by atoms with E-state index in [4.69, 9.17) is 15.2 Å². The summed E-state index contributed by atoms with van der Waals surface area (Å²) in [4.78, 5) is 11.2. The Morgan fingerprint density at radius 3 is 2.54 bits per heavy atom. The monoisotopic (exact) mass is 189 g/mol. The molecule has 0 aliphatic carbocycles. The maximum Gasteiger partial charge on any atom is 0.323 e. The van der Waals surface area contributed by atoms with Gasteiger partial charge in [0.2, 0.25) is 0 Å². The second-order valence-electron chi connectivity index (χ2n) is 3.23. The maximum absolute atomic E-state index is 11.2. The van der Waals surface area contributed by atoms with Gasteiger partial charge in [0.15, 0.2) is 0 Å². The number of hydrogen-bond donors (Lipinski definition) is 1. The average Bonchev–Trinajstić information content (AvgIpc) is 2.03. The minimum Gasteiger partial charge on any atom is -0.462 e. The highest BCUT2D eigenvalue weighted by Crippen LogP contribution is 1.99. The van der Waals surface area contributed by atoms with E-state index in [-0.39, 0.29) is 12.1 Å². The van der Waals surface area contributed by atoms with E-state index in [0.29, 0.717) is 13.0 Å². The minimum atomic E-state index is -0.516. The van der Waals surface area contributed by atoms with Crippen molar-refractivity contribution < 1.29 is 14.3 Å². The number of carbonyl (C=O) groups is 1. The molecule has 0 heterocycles. The maximum atomic E-state index is 11.2. The van der Waals surface area contributed by atoms with Crippen molar-refractivity contribution in [3.05, 3.63) is 0 Å². The van der Waals surface area contributed by atoms with Gasteiger partial charge in [-0.3, -0.25) is 4.79 Å². The topological polar surface area (TPSA) is 61.5 Å². The van der Waals surface area contributed by atoms with Gasteiger partial charge in [0.1, 0.15) is 6.04 Å². The molecule has 0 aromatic carbocycles. The van der Waals surface area contributed by atoms with Crippen molar-refractivity contribution in [3.63, 3.8) is 0 Å². The Morgan fingerprint density at radius 2 is 2.08 bits per heavy atom. The summed E-state index contributed by atoms with van der Waals surface area (Å²) in [6, 6.07) is -0.516. The summed E-state index contributed by atoms with van der Waals surface area (Å²) in [5.74, 6) is -0.328. The molecule has 0 bridgehead atoms. The third-order valence-electron chi connectivity index (χ3n) is 1.52. The molecule has 1 unspecified atom stereocenters. The number of rotatable bonds is 6. The standard InChI is InChI=1S/C9H19NO3/c1-7(2)13-9(11)8(10)5-4-6-12-3/h7-8H,4-6,10H2,1-3H3. The highest BCUT2D eigenvalue weighted by atomic mass is 16.5. The lowest BCUT2D eigenvalue weighted by Gasteiger charge is -2.13. The Hall–Kier alpha value is -0.610. The van der Waals surface area contributed by atoms with Crippen molar-refractivity contribution in [1.82, 2.24) is 0 Å². The van der Waals surface area contributed by atoms with Crippen molar-refractivity contribution in [2.45, 2.75) is 38.8 Å². The molecule has 0 amide bonds. The van der Waals surface area contributed by atoms with Gasteiger partial charge in [-0.25, -0.2) is 0 Å². The van der Waals surface area contributed by atoms with Crippen LogP contribution in [0, 0.1) is 0 Å². The zero-order valence-corrected chi connectivity index (χ0v) is 8.58. The third kappa shape index (κ3) is 6.54. The Labute approximate surface area is 79.4 Å². The van der Waals surface area contributed by atoms with Crippen LogP contribution in [0.25, 0.3) is 0 Å². The van der Waals surface area contributed by atoms with Crippen molar-refractivity contribution in [1.29, 1.82) is 0 Å². The third-order valence-corrected chi connectivity index (χ3v) is 1.52. The number of esters is 1. The lowest BCUT2D eigenvalue weighted by molar-refractivity contribution is -0.149. The second kappa shape index (κ2) is 6.86. The molecular weight excluding hydrogens is 170 g/mol. The van der Waals surface area contributed by atoms with Gasteiger partial charge in [-0.05, 0) is 26.7 Å². The predicted molar refractivity (Wildman–Crippen MR) is 50.3 cm³/mol. The first-order valence-electron chi connectivity index (χ1n) is 4.53. The SMILES string of the molecule is COCCCC(N)C(=O)OC(C)C. The molecule has 0 saturated carbocycles. The summed E-state index contributed by atoms with van der Waals surface area (Å²) in [6.07, 6.45) is 1.30. The molecule has 0 rings (SSSR count). The molecule has 13 heavy (non-hydrogen) atoms. The zero-order valence-electron chi connectivity index (χ0n) is 8.58. The van der Waals surface area contributed by atoms with E-state index in [9.17, 15) is 4.79 Å².